The molecule has 0 aromatic heterocycles. The zero-order valence-electron chi connectivity index (χ0n) is 18.6. The first kappa shape index (κ1) is 18.1. The van der Waals surface area contributed by atoms with Crippen LogP contribution >= 0.6 is 0 Å². The van der Waals surface area contributed by atoms with Gasteiger partial charge < -0.3 is 4.90 Å². The van der Waals surface area contributed by atoms with Crippen LogP contribution in [0.5, 0.6) is 0 Å². The summed E-state index contributed by atoms with van der Waals surface area (Å²) in [6.07, 6.45) is 0.972. The summed E-state index contributed by atoms with van der Waals surface area (Å²) in [5.74, 6) is 0. The minimum absolute atomic E-state index is 0.972. The molecule has 0 atom stereocenters. The van der Waals surface area contributed by atoms with Crippen molar-refractivity contribution in [2.75, 3.05) is 4.90 Å². The first-order chi connectivity index (χ1) is 16.9. The van der Waals surface area contributed by atoms with E-state index in [1.165, 1.54) is 71.3 Å². The standard InChI is InChI=1S/C33H21N/c1-3-16-29-22(8-1)20-23-9-2-4-17-30(23)34(29)31-19-18-27-25-13-6-11-21-10-5-12-24(32(21)25)26-14-7-15-28(31)33(26)27/h1-19H,20H2. The van der Waals surface area contributed by atoms with E-state index in [1.807, 2.05) is 0 Å². The van der Waals surface area contributed by atoms with E-state index >= 15 is 0 Å². The molecule has 0 amide bonds. The Morgan fingerprint density at radius 3 is 1.59 bits per heavy atom. The summed E-state index contributed by atoms with van der Waals surface area (Å²) in [6, 6.07) is 42.5. The third kappa shape index (κ3) is 2.29. The highest BCUT2D eigenvalue weighted by molar-refractivity contribution is 6.34. The highest BCUT2D eigenvalue weighted by Crippen LogP contribution is 2.48. The molecule has 0 radical (unpaired) electrons. The number of anilines is 3. The Morgan fingerprint density at radius 2 is 0.912 bits per heavy atom. The van der Waals surface area contributed by atoms with Crippen molar-refractivity contribution in [2.45, 2.75) is 6.42 Å². The van der Waals surface area contributed by atoms with Crippen LogP contribution in [0, 0.1) is 0 Å². The van der Waals surface area contributed by atoms with E-state index in [2.05, 4.69) is 120 Å². The van der Waals surface area contributed by atoms with Gasteiger partial charge in [-0.3, -0.25) is 0 Å². The molecule has 1 aliphatic rings. The van der Waals surface area contributed by atoms with Crippen molar-refractivity contribution >= 4 is 60.2 Å². The molecule has 1 heteroatoms. The normalized spacial score (nSPS) is 13.1. The molecule has 8 rings (SSSR count). The average molecular weight is 432 g/mol. The van der Waals surface area contributed by atoms with Crippen molar-refractivity contribution in [3.8, 4) is 0 Å². The second kappa shape index (κ2) is 6.59. The van der Waals surface area contributed by atoms with Crippen LogP contribution in [0.3, 0.4) is 0 Å². The Bertz CT molecular complexity index is 1800. The topological polar surface area (TPSA) is 3.24 Å². The minimum Gasteiger partial charge on any atom is -0.309 e. The van der Waals surface area contributed by atoms with Crippen LogP contribution in [0.15, 0.2) is 115 Å². The van der Waals surface area contributed by atoms with Gasteiger partial charge in [0.2, 0.25) is 0 Å². The summed E-state index contributed by atoms with van der Waals surface area (Å²) in [7, 11) is 0. The summed E-state index contributed by atoms with van der Waals surface area (Å²) in [6.45, 7) is 0. The van der Waals surface area contributed by atoms with E-state index in [1.54, 1.807) is 0 Å². The van der Waals surface area contributed by atoms with Crippen LogP contribution in [0.1, 0.15) is 11.1 Å². The molecule has 34 heavy (non-hydrogen) atoms. The second-order valence-corrected chi connectivity index (χ2v) is 9.34. The fraction of sp³-hybridized carbons (Fsp3) is 0.0303. The fourth-order valence-electron chi connectivity index (χ4n) is 6.18. The maximum atomic E-state index is 2.47. The van der Waals surface area contributed by atoms with E-state index in [9.17, 15) is 0 Å². The van der Waals surface area contributed by atoms with Gasteiger partial charge in [-0.05, 0) is 67.0 Å². The lowest BCUT2D eigenvalue weighted by Gasteiger charge is -2.34. The lowest BCUT2D eigenvalue weighted by atomic mass is 9.88. The van der Waals surface area contributed by atoms with Crippen molar-refractivity contribution in [1.29, 1.82) is 0 Å². The van der Waals surface area contributed by atoms with Gasteiger partial charge in [0.1, 0.15) is 0 Å². The molecule has 0 saturated carbocycles. The highest BCUT2D eigenvalue weighted by atomic mass is 15.2. The Kier molecular flexibility index (Phi) is 3.51. The van der Waals surface area contributed by atoms with Gasteiger partial charge in [-0.1, -0.05) is 97.1 Å². The van der Waals surface area contributed by atoms with Crippen molar-refractivity contribution < 1.29 is 0 Å². The van der Waals surface area contributed by atoms with Crippen LogP contribution in [0.4, 0.5) is 17.1 Å². The van der Waals surface area contributed by atoms with E-state index < -0.39 is 0 Å². The van der Waals surface area contributed by atoms with Crippen LogP contribution < -0.4 is 4.90 Å². The summed E-state index contributed by atoms with van der Waals surface area (Å²) >= 11 is 0. The van der Waals surface area contributed by atoms with Gasteiger partial charge in [-0.2, -0.15) is 0 Å². The summed E-state index contributed by atoms with van der Waals surface area (Å²) in [4.78, 5) is 2.47. The molecule has 0 saturated heterocycles. The smallest absolute Gasteiger partial charge is 0.0540 e. The van der Waals surface area contributed by atoms with Crippen molar-refractivity contribution in [2.24, 2.45) is 0 Å². The second-order valence-electron chi connectivity index (χ2n) is 9.34. The number of rotatable bonds is 1. The van der Waals surface area contributed by atoms with Gasteiger partial charge in [-0.25, -0.2) is 0 Å². The maximum absolute atomic E-state index is 2.47. The molecule has 0 aliphatic carbocycles. The zero-order valence-corrected chi connectivity index (χ0v) is 18.6. The number of fused-ring (bicyclic) bond motifs is 4. The highest BCUT2D eigenvalue weighted by Gasteiger charge is 2.25. The molecule has 7 aromatic rings. The summed E-state index contributed by atoms with van der Waals surface area (Å²) < 4.78 is 0. The SMILES string of the molecule is c1ccc2c(c1)Cc1ccccc1N2c1ccc2c3cccc4cccc(c5cccc1c52)c43. The Labute approximate surface area is 197 Å². The Morgan fingerprint density at radius 1 is 0.382 bits per heavy atom. The molecule has 0 spiro atoms. The summed E-state index contributed by atoms with van der Waals surface area (Å²) in [5, 5.41) is 10.7. The van der Waals surface area contributed by atoms with Crippen LogP contribution in [-0.4, -0.2) is 0 Å². The van der Waals surface area contributed by atoms with Gasteiger partial charge in [0.15, 0.2) is 0 Å². The molecule has 158 valence electrons. The van der Waals surface area contributed by atoms with Crippen molar-refractivity contribution in [3.63, 3.8) is 0 Å². The first-order valence-corrected chi connectivity index (χ1v) is 11.9. The predicted molar refractivity (Wildman–Crippen MR) is 145 cm³/mol. The molecule has 1 aliphatic heterocycles. The quantitative estimate of drug-likeness (QED) is 0.185. The number of nitrogens with zero attached hydrogens (tertiary/aromatic N) is 1. The van der Waals surface area contributed by atoms with Gasteiger partial charge in [0.05, 0.1) is 5.69 Å². The molecule has 0 N–H and O–H groups in total. The van der Waals surface area contributed by atoms with E-state index in [0.717, 1.165) is 6.42 Å². The zero-order chi connectivity index (χ0) is 22.2. The van der Waals surface area contributed by atoms with Crippen molar-refractivity contribution in [1.82, 2.24) is 0 Å². The minimum atomic E-state index is 0.972. The average Bonchev–Trinajstić information content (AvgIpc) is 2.90. The molecule has 1 nitrogen and oxygen atoms in total. The summed E-state index contributed by atoms with van der Waals surface area (Å²) in [5.41, 5.74) is 6.54. The van der Waals surface area contributed by atoms with Gasteiger partial charge in [0.25, 0.3) is 0 Å². The molecule has 0 fully saturated rings. The Hall–Kier alpha value is -4.36. The monoisotopic (exact) mass is 431 g/mol. The van der Waals surface area contributed by atoms with Gasteiger partial charge >= 0.3 is 0 Å². The van der Waals surface area contributed by atoms with Gasteiger partial charge in [0, 0.05) is 23.2 Å². The number of hydrogen-bond donors (Lipinski definition) is 0. The van der Waals surface area contributed by atoms with E-state index in [0.29, 0.717) is 0 Å². The number of hydrogen-bond acceptors (Lipinski definition) is 1. The van der Waals surface area contributed by atoms with Gasteiger partial charge in [-0.15, -0.1) is 0 Å². The molecule has 1 heterocycles. The maximum Gasteiger partial charge on any atom is 0.0540 e. The molecule has 7 aromatic carbocycles. The third-order valence-corrected chi connectivity index (χ3v) is 7.59. The molecule has 0 unspecified atom stereocenters. The number of para-hydroxylation sites is 2. The van der Waals surface area contributed by atoms with Crippen LogP contribution in [0.2, 0.25) is 0 Å². The fourth-order valence-corrected chi connectivity index (χ4v) is 6.18. The van der Waals surface area contributed by atoms with Crippen LogP contribution in [-0.2, 0) is 6.42 Å². The first-order valence-electron chi connectivity index (χ1n) is 11.9. The molecule has 0 bridgehead atoms. The lowest BCUT2D eigenvalue weighted by molar-refractivity contribution is 1.09. The third-order valence-electron chi connectivity index (χ3n) is 7.59. The molecular weight excluding hydrogens is 410 g/mol. The van der Waals surface area contributed by atoms with Crippen LogP contribution in [0.25, 0.3) is 43.1 Å². The molecular formula is C33H21N. The van der Waals surface area contributed by atoms with Crippen molar-refractivity contribution in [3.05, 3.63) is 126 Å². The largest absolute Gasteiger partial charge is 0.309 e. The Balaban J connectivity index is 1.54. The lowest BCUT2D eigenvalue weighted by Crippen LogP contribution is -2.18. The predicted octanol–water partition coefficient (Wildman–Crippen LogP) is 9.11. The van der Waals surface area contributed by atoms with E-state index in [-0.39, 0.29) is 0 Å². The van der Waals surface area contributed by atoms with E-state index in [4.69, 9.17) is 0 Å². The number of benzene rings is 7.